The Hall–Kier alpha value is -2.88. The molecule has 3 rings (SSSR count). The lowest BCUT2D eigenvalue weighted by Gasteiger charge is -2.12. The number of carbonyl (C=O) groups is 1. The molecule has 1 unspecified atom stereocenters. The smallest absolute Gasteiger partial charge is 0.220 e. The van der Waals surface area contributed by atoms with E-state index >= 15 is 0 Å². The van der Waals surface area contributed by atoms with E-state index < -0.39 is 0 Å². The van der Waals surface area contributed by atoms with Gasteiger partial charge in [-0.2, -0.15) is 0 Å². The third-order valence-corrected chi connectivity index (χ3v) is 3.83. The number of amides is 1. The van der Waals surface area contributed by atoms with Crippen LogP contribution in [0.5, 0.6) is 0 Å². The number of nitrogens with one attached hydrogen (secondary N) is 1. The van der Waals surface area contributed by atoms with Crippen LogP contribution < -0.4 is 5.32 Å². The monoisotopic (exact) mass is 320 g/mol. The second-order valence-electron chi connectivity index (χ2n) is 5.68. The molecular formula is C20H20N2O2. The summed E-state index contributed by atoms with van der Waals surface area (Å²) in [4.78, 5) is 16.4. The quantitative estimate of drug-likeness (QED) is 0.742. The van der Waals surface area contributed by atoms with Gasteiger partial charge in [0, 0.05) is 24.6 Å². The van der Waals surface area contributed by atoms with Crippen molar-refractivity contribution in [3.8, 4) is 11.3 Å². The van der Waals surface area contributed by atoms with Crippen LogP contribution in [0.15, 0.2) is 71.3 Å². The van der Waals surface area contributed by atoms with E-state index in [1.165, 1.54) is 0 Å². The van der Waals surface area contributed by atoms with Gasteiger partial charge in [0.25, 0.3) is 0 Å². The lowest BCUT2D eigenvalue weighted by atomic mass is 10.2. The highest BCUT2D eigenvalue weighted by atomic mass is 16.3. The topological polar surface area (TPSA) is 55.1 Å². The normalized spacial score (nSPS) is 11.9. The molecule has 0 saturated carbocycles. The second-order valence-corrected chi connectivity index (χ2v) is 5.68. The Morgan fingerprint density at radius 1 is 1.08 bits per heavy atom. The molecule has 2 aromatic heterocycles. The third-order valence-electron chi connectivity index (χ3n) is 3.83. The Balaban J connectivity index is 1.53. The van der Waals surface area contributed by atoms with Crippen LogP contribution in [-0.2, 0) is 11.2 Å². The second kappa shape index (κ2) is 7.59. The van der Waals surface area contributed by atoms with Gasteiger partial charge in [0.1, 0.15) is 11.5 Å². The van der Waals surface area contributed by atoms with Gasteiger partial charge in [-0.3, -0.25) is 9.78 Å². The van der Waals surface area contributed by atoms with Crippen molar-refractivity contribution in [2.45, 2.75) is 25.8 Å². The number of aryl methyl sites for hydroxylation is 1. The highest BCUT2D eigenvalue weighted by molar-refractivity contribution is 5.76. The summed E-state index contributed by atoms with van der Waals surface area (Å²) in [6, 6.07) is 19.4. The maximum Gasteiger partial charge on any atom is 0.220 e. The molecule has 1 aromatic carbocycles. The standard InChI is InChI=1S/C20H20N2O2/c1-15(18-9-5-6-14-21-18)22-20(23)13-11-17-10-12-19(24-17)16-7-3-2-4-8-16/h2-10,12,14-15H,11,13H2,1H3,(H,22,23). The maximum atomic E-state index is 12.1. The van der Waals surface area contributed by atoms with Crippen LogP contribution in [0, 0.1) is 0 Å². The number of nitrogens with zero attached hydrogens (tertiary/aromatic N) is 1. The molecule has 24 heavy (non-hydrogen) atoms. The summed E-state index contributed by atoms with van der Waals surface area (Å²) in [5.74, 6) is 1.63. The number of hydrogen-bond acceptors (Lipinski definition) is 3. The first-order chi connectivity index (χ1) is 11.7. The summed E-state index contributed by atoms with van der Waals surface area (Å²) >= 11 is 0. The van der Waals surface area contributed by atoms with Crippen LogP contribution in [0.4, 0.5) is 0 Å². The summed E-state index contributed by atoms with van der Waals surface area (Å²) in [6.07, 6.45) is 2.69. The Morgan fingerprint density at radius 3 is 2.62 bits per heavy atom. The van der Waals surface area contributed by atoms with E-state index in [4.69, 9.17) is 4.42 Å². The number of carbonyl (C=O) groups excluding carboxylic acids is 1. The van der Waals surface area contributed by atoms with Crippen molar-refractivity contribution in [1.29, 1.82) is 0 Å². The number of aromatic nitrogens is 1. The van der Waals surface area contributed by atoms with Crippen LogP contribution in [0.2, 0.25) is 0 Å². The predicted octanol–water partition coefficient (Wildman–Crippen LogP) is 4.15. The van der Waals surface area contributed by atoms with Crippen LogP contribution in [0.25, 0.3) is 11.3 Å². The molecule has 3 aromatic rings. The molecule has 1 amide bonds. The summed E-state index contributed by atoms with van der Waals surface area (Å²) in [7, 11) is 0. The van der Waals surface area contributed by atoms with Gasteiger partial charge >= 0.3 is 0 Å². The highest BCUT2D eigenvalue weighted by Crippen LogP contribution is 2.22. The van der Waals surface area contributed by atoms with Gasteiger partial charge in [-0.05, 0) is 31.2 Å². The molecule has 0 aliphatic heterocycles. The van der Waals surface area contributed by atoms with Gasteiger partial charge in [-0.1, -0.05) is 36.4 Å². The fraction of sp³-hybridized carbons (Fsp3) is 0.200. The number of rotatable bonds is 6. The lowest BCUT2D eigenvalue weighted by molar-refractivity contribution is -0.121. The molecule has 0 fully saturated rings. The zero-order valence-corrected chi connectivity index (χ0v) is 13.6. The minimum Gasteiger partial charge on any atom is -0.461 e. The average molecular weight is 320 g/mol. The summed E-state index contributed by atoms with van der Waals surface area (Å²) in [5.41, 5.74) is 1.90. The van der Waals surface area contributed by atoms with E-state index in [1.54, 1.807) is 6.20 Å². The summed E-state index contributed by atoms with van der Waals surface area (Å²) in [6.45, 7) is 1.93. The molecule has 0 aliphatic carbocycles. The van der Waals surface area contributed by atoms with E-state index in [0.29, 0.717) is 12.8 Å². The molecule has 1 atom stereocenters. The Morgan fingerprint density at radius 2 is 1.88 bits per heavy atom. The summed E-state index contributed by atoms with van der Waals surface area (Å²) in [5, 5.41) is 2.96. The summed E-state index contributed by atoms with van der Waals surface area (Å²) < 4.78 is 5.82. The largest absolute Gasteiger partial charge is 0.461 e. The van der Waals surface area contributed by atoms with Crippen molar-refractivity contribution in [1.82, 2.24) is 10.3 Å². The first kappa shape index (κ1) is 16.0. The van der Waals surface area contributed by atoms with E-state index in [9.17, 15) is 4.79 Å². The zero-order chi connectivity index (χ0) is 16.8. The Kier molecular flexibility index (Phi) is 5.06. The van der Waals surface area contributed by atoms with Gasteiger partial charge in [-0.25, -0.2) is 0 Å². The Bertz CT molecular complexity index is 782. The SMILES string of the molecule is CC(NC(=O)CCc1ccc(-c2ccccc2)o1)c1ccccn1. The van der Waals surface area contributed by atoms with E-state index in [-0.39, 0.29) is 11.9 Å². The molecule has 0 bridgehead atoms. The zero-order valence-electron chi connectivity index (χ0n) is 13.6. The van der Waals surface area contributed by atoms with Crippen LogP contribution in [0.3, 0.4) is 0 Å². The van der Waals surface area contributed by atoms with E-state index in [1.807, 2.05) is 67.6 Å². The van der Waals surface area contributed by atoms with Crippen LogP contribution in [0.1, 0.15) is 30.8 Å². The van der Waals surface area contributed by atoms with Crippen molar-refractivity contribution in [2.24, 2.45) is 0 Å². The van der Waals surface area contributed by atoms with E-state index in [2.05, 4.69) is 10.3 Å². The molecule has 122 valence electrons. The van der Waals surface area contributed by atoms with Crippen molar-refractivity contribution in [2.75, 3.05) is 0 Å². The minimum atomic E-state index is -0.102. The first-order valence-corrected chi connectivity index (χ1v) is 8.07. The van der Waals surface area contributed by atoms with Gasteiger partial charge in [0.2, 0.25) is 5.91 Å². The van der Waals surface area contributed by atoms with Crippen molar-refractivity contribution in [3.05, 3.63) is 78.3 Å². The van der Waals surface area contributed by atoms with Crippen molar-refractivity contribution < 1.29 is 9.21 Å². The Labute approximate surface area is 141 Å². The highest BCUT2D eigenvalue weighted by Gasteiger charge is 2.11. The average Bonchev–Trinajstić information content (AvgIpc) is 3.10. The fourth-order valence-corrected chi connectivity index (χ4v) is 2.53. The third kappa shape index (κ3) is 4.10. The molecule has 0 aliphatic rings. The van der Waals surface area contributed by atoms with Crippen LogP contribution >= 0.6 is 0 Å². The fourth-order valence-electron chi connectivity index (χ4n) is 2.53. The number of hydrogen-bond donors (Lipinski definition) is 1. The molecule has 0 spiro atoms. The van der Waals surface area contributed by atoms with Gasteiger partial charge in [0.15, 0.2) is 0 Å². The number of pyridine rings is 1. The lowest BCUT2D eigenvalue weighted by Crippen LogP contribution is -2.27. The maximum absolute atomic E-state index is 12.1. The van der Waals surface area contributed by atoms with Gasteiger partial charge < -0.3 is 9.73 Å². The number of furan rings is 1. The molecule has 0 saturated heterocycles. The van der Waals surface area contributed by atoms with Crippen molar-refractivity contribution >= 4 is 5.91 Å². The first-order valence-electron chi connectivity index (χ1n) is 8.07. The minimum absolute atomic E-state index is 0.00851. The van der Waals surface area contributed by atoms with Gasteiger partial charge in [-0.15, -0.1) is 0 Å². The molecule has 2 heterocycles. The van der Waals surface area contributed by atoms with E-state index in [0.717, 1.165) is 22.8 Å². The molecule has 4 nitrogen and oxygen atoms in total. The predicted molar refractivity (Wildman–Crippen MR) is 93.3 cm³/mol. The number of benzene rings is 1. The molecule has 4 heteroatoms. The van der Waals surface area contributed by atoms with Crippen molar-refractivity contribution in [3.63, 3.8) is 0 Å². The molecule has 0 radical (unpaired) electrons. The molecule has 1 N–H and O–H groups in total. The van der Waals surface area contributed by atoms with Crippen LogP contribution in [-0.4, -0.2) is 10.9 Å². The van der Waals surface area contributed by atoms with Gasteiger partial charge in [0.05, 0.1) is 11.7 Å². The molecular weight excluding hydrogens is 300 g/mol.